The molecule has 2 aliphatic rings. The Hall–Kier alpha value is -1.39. The Labute approximate surface area is 119 Å². The maximum absolute atomic E-state index is 11.7. The molecule has 3 unspecified atom stereocenters. The number of rotatable bonds is 2. The molecule has 3 rings (SSSR count). The first-order chi connectivity index (χ1) is 9.56. The Balaban J connectivity index is 1.83. The van der Waals surface area contributed by atoms with Crippen LogP contribution in [0.3, 0.4) is 0 Å². The highest BCUT2D eigenvalue weighted by Gasteiger charge is 2.30. The van der Waals surface area contributed by atoms with Crippen LogP contribution >= 0.6 is 0 Å². The zero-order valence-corrected chi connectivity index (χ0v) is 12.0. The van der Waals surface area contributed by atoms with E-state index in [1.54, 1.807) is 4.90 Å². The van der Waals surface area contributed by atoms with Gasteiger partial charge < -0.3 is 14.7 Å². The summed E-state index contributed by atoms with van der Waals surface area (Å²) in [5, 5.41) is 10.5. The predicted molar refractivity (Wildman–Crippen MR) is 76.7 cm³/mol. The average Bonchev–Trinajstić information content (AvgIpc) is 2.88. The molecular formula is C16H21NO3. The van der Waals surface area contributed by atoms with Crippen LogP contribution in [-0.4, -0.2) is 30.8 Å². The molecule has 2 aliphatic heterocycles. The van der Waals surface area contributed by atoms with Crippen molar-refractivity contribution in [1.82, 2.24) is 0 Å². The molecule has 1 amide bonds. The van der Waals surface area contributed by atoms with Gasteiger partial charge in [0, 0.05) is 25.1 Å². The molecule has 1 saturated heterocycles. The van der Waals surface area contributed by atoms with E-state index >= 15 is 0 Å². The molecular weight excluding hydrogens is 254 g/mol. The van der Waals surface area contributed by atoms with Gasteiger partial charge in [-0.25, -0.2) is 0 Å². The molecule has 4 nitrogen and oxygen atoms in total. The number of hydrogen-bond acceptors (Lipinski definition) is 3. The summed E-state index contributed by atoms with van der Waals surface area (Å²) in [7, 11) is 1.81. The molecule has 1 aromatic rings. The SMILES string of the molecule is CC1CC(C(O)c2ccc3c(c2)CCC(=O)N3C)CO1. The number of nitrogens with zero attached hydrogens (tertiary/aromatic N) is 1. The largest absolute Gasteiger partial charge is 0.388 e. The highest BCUT2D eigenvalue weighted by molar-refractivity contribution is 5.95. The molecule has 2 heterocycles. The fraction of sp³-hybridized carbons (Fsp3) is 0.562. The van der Waals surface area contributed by atoms with E-state index in [4.69, 9.17) is 4.74 Å². The van der Waals surface area contributed by atoms with Crippen molar-refractivity contribution in [2.24, 2.45) is 5.92 Å². The number of fused-ring (bicyclic) bond motifs is 1. The van der Waals surface area contributed by atoms with Gasteiger partial charge in [0.25, 0.3) is 0 Å². The van der Waals surface area contributed by atoms with E-state index in [2.05, 4.69) is 0 Å². The zero-order chi connectivity index (χ0) is 14.3. The van der Waals surface area contributed by atoms with Gasteiger partial charge in [0.1, 0.15) is 0 Å². The van der Waals surface area contributed by atoms with Crippen LogP contribution in [-0.2, 0) is 16.0 Å². The Morgan fingerprint density at radius 2 is 2.20 bits per heavy atom. The summed E-state index contributed by atoms with van der Waals surface area (Å²) in [4.78, 5) is 13.4. The van der Waals surface area contributed by atoms with E-state index in [0.29, 0.717) is 13.0 Å². The molecule has 108 valence electrons. The van der Waals surface area contributed by atoms with Gasteiger partial charge in [-0.2, -0.15) is 0 Å². The van der Waals surface area contributed by atoms with E-state index in [0.717, 1.165) is 29.7 Å². The second kappa shape index (κ2) is 5.19. The number of aryl methyl sites for hydroxylation is 1. The summed E-state index contributed by atoms with van der Waals surface area (Å²) in [6.07, 6.45) is 1.96. The van der Waals surface area contributed by atoms with Crippen molar-refractivity contribution in [2.75, 3.05) is 18.6 Å². The van der Waals surface area contributed by atoms with Crippen LogP contribution in [0.15, 0.2) is 18.2 Å². The normalized spacial score (nSPS) is 27.6. The topological polar surface area (TPSA) is 49.8 Å². The maximum atomic E-state index is 11.7. The van der Waals surface area contributed by atoms with Gasteiger partial charge in [-0.3, -0.25) is 4.79 Å². The standard InChI is InChI=1S/C16H21NO3/c1-10-7-13(9-20-10)16(19)12-3-5-14-11(8-12)4-6-15(18)17(14)2/h3,5,8,10,13,16,19H,4,6-7,9H2,1-2H3. The monoisotopic (exact) mass is 275 g/mol. The lowest BCUT2D eigenvalue weighted by Gasteiger charge is -2.27. The molecule has 0 aliphatic carbocycles. The average molecular weight is 275 g/mol. The molecule has 1 N–H and O–H groups in total. The first-order valence-electron chi connectivity index (χ1n) is 7.25. The molecule has 0 aromatic heterocycles. The first kappa shape index (κ1) is 13.6. The van der Waals surface area contributed by atoms with Crippen LogP contribution in [0.4, 0.5) is 5.69 Å². The third-order valence-electron chi connectivity index (χ3n) is 4.46. The van der Waals surface area contributed by atoms with Gasteiger partial charge in [0.05, 0.1) is 18.8 Å². The number of benzene rings is 1. The second-order valence-electron chi connectivity index (χ2n) is 5.93. The Bertz CT molecular complexity index is 528. The van der Waals surface area contributed by atoms with Crippen molar-refractivity contribution < 1.29 is 14.6 Å². The van der Waals surface area contributed by atoms with Gasteiger partial charge in [0.2, 0.25) is 5.91 Å². The smallest absolute Gasteiger partial charge is 0.227 e. The van der Waals surface area contributed by atoms with Crippen molar-refractivity contribution in [3.63, 3.8) is 0 Å². The van der Waals surface area contributed by atoms with Crippen LogP contribution in [0.1, 0.15) is 37.0 Å². The van der Waals surface area contributed by atoms with Crippen LogP contribution in [0.25, 0.3) is 0 Å². The van der Waals surface area contributed by atoms with Crippen LogP contribution in [0.5, 0.6) is 0 Å². The molecule has 1 aromatic carbocycles. The van der Waals surface area contributed by atoms with E-state index in [1.807, 2.05) is 32.2 Å². The maximum Gasteiger partial charge on any atom is 0.227 e. The quantitative estimate of drug-likeness (QED) is 0.898. The summed E-state index contributed by atoms with van der Waals surface area (Å²) >= 11 is 0. The Morgan fingerprint density at radius 3 is 2.90 bits per heavy atom. The third-order valence-corrected chi connectivity index (χ3v) is 4.46. The highest BCUT2D eigenvalue weighted by Crippen LogP contribution is 2.35. The summed E-state index contributed by atoms with van der Waals surface area (Å²) in [5.74, 6) is 0.329. The molecule has 3 atom stereocenters. The molecule has 1 fully saturated rings. The number of amides is 1. The number of carbonyl (C=O) groups is 1. The number of hydrogen-bond donors (Lipinski definition) is 1. The van der Waals surface area contributed by atoms with E-state index < -0.39 is 6.10 Å². The number of carbonyl (C=O) groups excluding carboxylic acids is 1. The van der Waals surface area contributed by atoms with Crippen LogP contribution in [0.2, 0.25) is 0 Å². The van der Waals surface area contributed by atoms with Gasteiger partial charge in [0.15, 0.2) is 0 Å². The molecule has 0 radical (unpaired) electrons. The van der Waals surface area contributed by atoms with Gasteiger partial charge in [-0.05, 0) is 37.0 Å². The minimum Gasteiger partial charge on any atom is -0.388 e. The Morgan fingerprint density at radius 1 is 1.40 bits per heavy atom. The number of anilines is 1. The van der Waals surface area contributed by atoms with Crippen LogP contribution in [0, 0.1) is 5.92 Å². The lowest BCUT2D eigenvalue weighted by atomic mass is 9.90. The lowest BCUT2D eigenvalue weighted by molar-refractivity contribution is -0.118. The van der Waals surface area contributed by atoms with Crippen molar-refractivity contribution in [2.45, 2.75) is 38.4 Å². The summed E-state index contributed by atoms with van der Waals surface area (Å²) in [6.45, 7) is 2.66. The van der Waals surface area contributed by atoms with Gasteiger partial charge in [-0.15, -0.1) is 0 Å². The fourth-order valence-electron chi connectivity index (χ4n) is 3.20. The molecule has 4 heteroatoms. The van der Waals surface area contributed by atoms with Crippen molar-refractivity contribution in [3.05, 3.63) is 29.3 Å². The minimum absolute atomic E-state index is 0.156. The van der Waals surface area contributed by atoms with Crippen molar-refractivity contribution in [3.8, 4) is 0 Å². The second-order valence-corrected chi connectivity index (χ2v) is 5.93. The number of aliphatic hydroxyl groups is 1. The van der Waals surface area contributed by atoms with E-state index in [9.17, 15) is 9.90 Å². The Kier molecular flexibility index (Phi) is 3.52. The summed E-state index contributed by atoms with van der Waals surface area (Å²) < 4.78 is 5.54. The van der Waals surface area contributed by atoms with Gasteiger partial charge in [-0.1, -0.05) is 12.1 Å². The number of aliphatic hydroxyl groups excluding tert-OH is 1. The van der Waals surface area contributed by atoms with Gasteiger partial charge >= 0.3 is 0 Å². The van der Waals surface area contributed by atoms with Crippen molar-refractivity contribution in [1.29, 1.82) is 0 Å². The summed E-state index contributed by atoms with van der Waals surface area (Å²) in [6, 6.07) is 5.93. The van der Waals surface area contributed by atoms with Crippen molar-refractivity contribution >= 4 is 11.6 Å². The lowest BCUT2D eigenvalue weighted by Crippen LogP contribution is -2.31. The predicted octanol–water partition coefficient (Wildman–Crippen LogP) is 2.05. The first-order valence-corrected chi connectivity index (χ1v) is 7.25. The van der Waals surface area contributed by atoms with E-state index in [1.165, 1.54) is 0 Å². The number of ether oxygens (including phenoxy) is 1. The zero-order valence-electron chi connectivity index (χ0n) is 12.0. The third kappa shape index (κ3) is 2.34. The highest BCUT2D eigenvalue weighted by atomic mass is 16.5. The van der Waals surface area contributed by atoms with Crippen LogP contribution < -0.4 is 4.90 Å². The minimum atomic E-state index is -0.479. The fourth-order valence-corrected chi connectivity index (χ4v) is 3.20. The van der Waals surface area contributed by atoms with E-state index in [-0.39, 0.29) is 17.9 Å². The molecule has 0 bridgehead atoms. The summed E-state index contributed by atoms with van der Waals surface area (Å²) in [5.41, 5.74) is 3.05. The molecule has 0 spiro atoms. The molecule has 20 heavy (non-hydrogen) atoms. The molecule has 0 saturated carbocycles.